The molecule has 0 aliphatic rings. The first-order valence-electron chi connectivity index (χ1n) is 3.90. The Balaban J connectivity index is 3.65. The predicted molar refractivity (Wildman–Crippen MR) is 49.9 cm³/mol. The molecule has 8 nitrogen and oxygen atoms in total. The van der Waals surface area contributed by atoms with Gasteiger partial charge in [0, 0.05) is 6.07 Å². The highest BCUT2D eigenvalue weighted by Crippen LogP contribution is 2.43. The zero-order valence-corrected chi connectivity index (χ0v) is 8.00. The molecule has 3 N–H and O–H groups in total. The van der Waals surface area contributed by atoms with Crippen molar-refractivity contribution in [1.82, 2.24) is 0 Å². The maximum absolute atomic E-state index is 10.6. The van der Waals surface area contributed by atoms with E-state index >= 15 is 0 Å². The largest absolute Gasteiger partial charge is 0.507 e. The van der Waals surface area contributed by atoms with Crippen LogP contribution in [0.15, 0.2) is 6.07 Å². The van der Waals surface area contributed by atoms with Crippen molar-refractivity contribution in [2.45, 2.75) is 0 Å². The van der Waals surface area contributed by atoms with Crippen LogP contribution in [0.5, 0.6) is 17.2 Å². The number of ether oxygens (including phenoxy) is 1. The van der Waals surface area contributed by atoms with Crippen molar-refractivity contribution in [2.75, 3.05) is 7.11 Å². The smallest absolute Gasteiger partial charge is 0.353 e. The molecule has 1 aromatic rings. The van der Waals surface area contributed by atoms with E-state index in [1.807, 2.05) is 0 Å². The zero-order chi connectivity index (χ0) is 12.5. The second kappa shape index (κ2) is 3.93. The molecule has 1 rings (SSSR count). The molecule has 8 heteroatoms. The number of nitrogens with zero attached hydrogens (tertiary/aromatic N) is 1. The molecule has 0 bridgehead atoms. The van der Waals surface area contributed by atoms with Crippen molar-refractivity contribution in [2.24, 2.45) is 0 Å². The summed E-state index contributed by atoms with van der Waals surface area (Å²) >= 11 is 0. The van der Waals surface area contributed by atoms with Gasteiger partial charge in [-0.15, -0.1) is 0 Å². The van der Waals surface area contributed by atoms with Crippen LogP contribution in [0, 0.1) is 10.1 Å². The lowest BCUT2D eigenvalue weighted by atomic mass is 10.1. The molecule has 16 heavy (non-hydrogen) atoms. The first kappa shape index (κ1) is 11.6. The normalized spacial score (nSPS) is 9.81. The fourth-order valence-electron chi connectivity index (χ4n) is 1.16. The Bertz CT molecular complexity index is 468. The number of benzene rings is 1. The molecule has 0 unspecified atom stereocenters. The van der Waals surface area contributed by atoms with Crippen LogP contribution < -0.4 is 4.74 Å². The summed E-state index contributed by atoms with van der Waals surface area (Å²) < 4.78 is 4.55. The van der Waals surface area contributed by atoms with Gasteiger partial charge in [0.15, 0.2) is 5.56 Å². The second-order valence-electron chi connectivity index (χ2n) is 2.73. The number of hydrogen-bond acceptors (Lipinski definition) is 6. The number of aromatic hydroxyl groups is 2. The van der Waals surface area contributed by atoms with E-state index in [2.05, 4.69) is 4.74 Å². The third kappa shape index (κ3) is 1.67. The second-order valence-corrected chi connectivity index (χ2v) is 2.73. The molecule has 0 saturated heterocycles. The van der Waals surface area contributed by atoms with E-state index < -0.39 is 39.4 Å². The SMILES string of the molecule is COc1cc(O)c(C(=O)O)c(O)c1[N+](=O)[O-]. The highest BCUT2D eigenvalue weighted by atomic mass is 16.6. The van der Waals surface area contributed by atoms with Crippen LogP contribution in [0.25, 0.3) is 0 Å². The fraction of sp³-hybridized carbons (Fsp3) is 0.125. The van der Waals surface area contributed by atoms with Crippen molar-refractivity contribution in [1.29, 1.82) is 0 Å². The molecule has 86 valence electrons. The minimum atomic E-state index is -1.68. The highest BCUT2D eigenvalue weighted by Gasteiger charge is 2.30. The van der Waals surface area contributed by atoms with Gasteiger partial charge in [0.2, 0.25) is 11.5 Å². The molecule has 0 fully saturated rings. The van der Waals surface area contributed by atoms with Crippen LogP contribution >= 0.6 is 0 Å². The van der Waals surface area contributed by atoms with Gasteiger partial charge in [-0.05, 0) is 0 Å². The number of nitro benzene ring substituents is 1. The standard InChI is InChI=1S/C8H7NO7/c1-16-4-2-3(10)5(8(12)13)7(11)6(4)9(14)15/h2,10-11H,1H3,(H,12,13). The van der Waals surface area contributed by atoms with Crippen LogP contribution in [0.1, 0.15) is 10.4 Å². The first-order chi connectivity index (χ1) is 7.40. The summed E-state index contributed by atoms with van der Waals surface area (Å²) in [6, 6.07) is 0.751. The first-order valence-corrected chi connectivity index (χ1v) is 3.90. The lowest BCUT2D eigenvalue weighted by Gasteiger charge is -2.07. The molecular weight excluding hydrogens is 222 g/mol. The Morgan fingerprint density at radius 3 is 2.44 bits per heavy atom. The maximum Gasteiger partial charge on any atom is 0.353 e. The molecule has 0 saturated carbocycles. The van der Waals surface area contributed by atoms with Crippen LogP contribution in [-0.4, -0.2) is 33.3 Å². The number of nitro groups is 1. The van der Waals surface area contributed by atoms with Gasteiger partial charge in [-0.3, -0.25) is 10.1 Å². The van der Waals surface area contributed by atoms with Gasteiger partial charge in [0.25, 0.3) is 0 Å². The lowest BCUT2D eigenvalue weighted by molar-refractivity contribution is -0.386. The fourth-order valence-corrected chi connectivity index (χ4v) is 1.16. The number of rotatable bonds is 3. The van der Waals surface area contributed by atoms with Crippen LogP contribution in [-0.2, 0) is 0 Å². The number of methoxy groups -OCH3 is 1. The summed E-state index contributed by atoms with van der Waals surface area (Å²) in [6.45, 7) is 0. The van der Waals surface area contributed by atoms with Gasteiger partial charge in [-0.25, -0.2) is 4.79 Å². The molecule has 0 amide bonds. The highest BCUT2D eigenvalue weighted by molar-refractivity contribution is 5.96. The van der Waals surface area contributed by atoms with Gasteiger partial charge in [-0.1, -0.05) is 0 Å². The summed E-state index contributed by atoms with van der Waals surface area (Å²) in [5.41, 5.74) is -1.84. The van der Waals surface area contributed by atoms with Crippen molar-refractivity contribution in [3.63, 3.8) is 0 Å². The Morgan fingerprint density at radius 1 is 1.50 bits per heavy atom. The molecule has 0 heterocycles. The summed E-state index contributed by atoms with van der Waals surface area (Å²) in [5.74, 6) is -4.06. The Labute approximate surface area is 88.5 Å². The topological polar surface area (TPSA) is 130 Å². The molecule has 0 aromatic heterocycles. The van der Waals surface area contributed by atoms with Crippen LogP contribution in [0.4, 0.5) is 5.69 Å². The number of hydrogen-bond donors (Lipinski definition) is 3. The number of carboxylic acids is 1. The molecule has 0 aliphatic heterocycles. The van der Waals surface area contributed by atoms with E-state index in [-0.39, 0.29) is 0 Å². The third-order valence-electron chi connectivity index (χ3n) is 1.83. The van der Waals surface area contributed by atoms with Crippen molar-refractivity contribution in [3.8, 4) is 17.2 Å². The van der Waals surface area contributed by atoms with Gasteiger partial charge >= 0.3 is 11.7 Å². The van der Waals surface area contributed by atoms with E-state index in [1.54, 1.807) is 0 Å². The molecule has 0 spiro atoms. The average Bonchev–Trinajstić information content (AvgIpc) is 2.14. The van der Waals surface area contributed by atoms with E-state index in [0.717, 1.165) is 13.2 Å². The van der Waals surface area contributed by atoms with Gasteiger partial charge in [-0.2, -0.15) is 0 Å². The number of carbonyl (C=O) groups is 1. The van der Waals surface area contributed by atoms with E-state index in [4.69, 9.17) is 5.11 Å². The summed E-state index contributed by atoms with van der Waals surface area (Å²) in [6.07, 6.45) is 0. The van der Waals surface area contributed by atoms with E-state index in [0.29, 0.717) is 0 Å². The quantitative estimate of drug-likeness (QED) is 0.513. The monoisotopic (exact) mass is 229 g/mol. The Morgan fingerprint density at radius 2 is 2.06 bits per heavy atom. The van der Waals surface area contributed by atoms with Crippen molar-refractivity contribution in [3.05, 3.63) is 21.7 Å². The predicted octanol–water partition coefficient (Wildman–Crippen LogP) is 0.713. The van der Waals surface area contributed by atoms with Gasteiger partial charge in [0.1, 0.15) is 5.75 Å². The molecule has 0 atom stereocenters. The van der Waals surface area contributed by atoms with E-state index in [1.165, 1.54) is 0 Å². The van der Waals surface area contributed by atoms with Gasteiger partial charge < -0.3 is 20.1 Å². The Hall–Kier alpha value is -2.51. The maximum atomic E-state index is 10.6. The third-order valence-corrected chi connectivity index (χ3v) is 1.83. The van der Waals surface area contributed by atoms with Crippen molar-refractivity contribution >= 4 is 11.7 Å². The number of carboxylic acid groups (broad SMARTS) is 1. The lowest BCUT2D eigenvalue weighted by Crippen LogP contribution is -2.02. The summed E-state index contributed by atoms with van der Waals surface area (Å²) in [7, 11) is 1.08. The molecule has 1 aromatic carbocycles. The molecule has 0 aliphatic carbocycles. The summed E-state index contributed by atoms with van der Waals surface area (Å²) in [5, 5.41) is 37.8. The molecular formula is C8H7NO7. The molecule has 0 radical (unpaired) electrons. The zero-order valence-electron chi connectivity index (χ0n) is 8.00. The number of phenols is 2. The Kier molecular flexibility index (Phi) is 2.84. The summed E-state index contributed by atoms with van der Waals surface area (Å²) in [4.78, 5) is 20.2. The van der Waals surface area contributed by atoms with Gasteiger partial charge in [0.05, 0.1) is 12.0 Å². The van der Waals surface area contributed by atoms with Crippen LogP contribution in [0.3, 0.4) is 0 Å². The minimum absolute atomic E-state index is 0.426. The van der Waals surface area contributed by atoms with Crippen LogP contribution in [0.2, 0.25) is 0 Å². The minimum Gasteiger partial charge on any atom is -0.507 e. The number of aromatic carboxylic acids is 1. The van der Waals surface area contributed by atoms with E-state index in [9.17, 15) is 25.1 Å². The average molecular weight is 229 g/mol. The van der Waals surface area contributed by atoms with Crippen molar-refractivity contribution < 1.29 is 29.8 Å².